The lowest BCUT2D eigenvalue weighted by atomic mass is 9.67. The average molecular weight is 521 g/mol. The van der Waals surface area contributed by atoms with E-state index in [9.17, 15) is 0 Å². The molecule has 7 nitrogen and oxygen atoms in total. The molecule has 166 valence electrons. The van der Waals surface area contributed by atoms with Crippen LogP contribution in [0.5, 0.6) is 17.2 Å². The van der Waals surface area contributed by atoms with Crippen molar-refractivity contribution < 1.29 is 18.9 Å². The molecule has 0 radical (unpaired) electrons. The molecule has 0 unspecified atom stereocenters. The van der Waals surface area contributed by atoms with Crippen molar-refractivity contribution in [1.29, 1.82) is 0 Å². The quantitative estimate of drug-likeness (QED) is 0.264. The van der Waals surface area contributed by atoms with Gasteiger partial charge in [0.1, 0.15) is 0 Å². The molecule has 0 amide bonds. The largest absolute Gasteiger partial charge is 0.493 e. The van der Waals surface area contributed by atoms with E-state index in [2.05, 4.69) is 17.6 Å². The number of nitrogens with zero attached hydrogens (tertiary/aromatic N) is 1. The van der Waals surface area contributed by atoms with Crippen molar-refractivity contribution in [1.82, 2.24) is 10.6 Å². The second kappa shape index (κ2) is 13.0. The van der Waals surface area contributed by atoms with Gasteiger partial charge in [0.25, 0.3) is 0 Å². The fourth-order valence-electron chi connectivity index (χ4n) is 3.52. The molecule has 0 saturated heterocycles. The highest BCUT2D eigenvalue weighted by Crippen LogP contribution is 2.43. The molecule has 1 aromatic carbocycles. The number of hydrogen-bond acceptors (Lipinski definition) is 5. The van der Waals surface area contributed by atoms with E-state index in [1.54, 1.807) is 28.4 Å². The molecule has 0 atom stereocenters. The van der Waals surface area contributed by atoms with Crippen LogP contribution in [0.25, 0.3) is 0 Å². The Morgan fingerprint density at radius 2 is 1.69 bits per heavy atom. The van der Waals surface area contributed by atoms with E-state index in [1.165, 1.54) is 19.3 Å². The maximum absolute atomic E-state index is 5.43. The summed E-state index contributed by atoms with van der Waals surface area (Å²) in [6, 6.07) is 3.86. The molecule has 0 bridgehead atoms. The van der Waals surface area contributed by atoms with Crippen molar-refractivity contribution >= 4 is 29.9 Å². The lowest BCUT2D eigenvalue weighted by Crippen LogP contribution is -2.46. The third-order valence-corrected chi connectivity index (χ3v) is 5.37. The third kappa shape index (κ3) is 7.09. The fourth-order valence-corrected chi connectivity index (χ4v) is 3.52. The van der Waals surface area contributed by atoms with Gasteiger partial charge in [0.15, 0.2) is 17.5 Å². The van der Waals surface area contributed by atoms with E-state index in [0.29, 0.717) is 29.2 Å². The number of methoxy groups -OCH3 is 4. The minimum Gasteiger partial charge on any atom is -0.493 e. The molecule has 0 aromatic heterocycles. The van der Waals surface area contributed by atoms with Gasteiger partial charge in [-0.05, 0) is 49.3 Å². The summed E-state index contributed by atoms with van der Waals surface area (Å²) in [4.78, 5) is 4.74. The van der Waals surface area contributed by atoms with E-state index in [0.717, 1.165) is 37.6 Å². The summed E-state index contributed by atoms with van der Waals surface area (Å²) in [5.74, 6) is 2.68. The Morgan fingerprint density at radius 3 is 2.14 bits per heavy atom. The molecule has 1 aliphatic carbocycles. The zero-order valence-corrected chi connectivity index (χ0v) is 20.6. The normalized spacial score (nSPS) is 15.0. The van der Waals surface area contributed by atoms with Crippen LogP contribution in [0.15, 0.2) is 17.1 Å². The summed E-state index contributed by atoms with van der Waals surface area (Å²) in [7, 11) is 6.61. The second-order valence-electron chi connectivity index (χ2n) is 7.18. The number of rotatable bonds is 11. The van der Waals surface area contributed by atoms with Crippen LogP contribution in [0, 0.1) is 5.41 Å². The van der Waals surface area contributed by atoms with Crippen molar-refractivity contribution in [3.05, 3.63) is 17.7 Å². The summed E-state index contributed by atoms with van der Waals surface area (Å²) in [5, 5.41) is 6.85. The third-order valence-electron chi connectivity index (χ3n) is 5.37. The van der Waals surface area contributed by atoms with Crippen LogP contribution in [0.1, 0.15) is 38.2 Å². The van der Waals surface area contributed by atoms with E-state index in [-0.39, 0.29) is 24.0 Å². The van der Waals surface area contributed by atoms with Gasteiger partial charge in [-0.1, -0.05) is 6.42 Å². The number of benzene rings is 1. The first-order valence-corrected chi connectivity index (χ1v) is 9.91. The van der Waals surface area contributed by atoms with Crippen LogP contribution in [-0.2, 0) is 11.3 Å². The molecule has 2 rings (SSSR count). The van der Waals surface area contributed by atoms with E-state index in [4.69, 9.17) is 23.9 Å². The smallest absolute Gasteiger partial charge is 0.203 e. The number of ether oxygens (including phenoxy) is 4. The van der Waals surface area contributed by atoms with Crippen LogP contribution in [0.4, 0.5) is 0 Å². The Morgan fingerprint density at radius 1 is 1.03 bits per heavy atom. The van der Waals surface area contributed by atoms with Crippen LogP contribution in [0.2, 0.25) is 0 Å². The maximum Gasteiger partial charge on any atom is 0.203 e. The van der Waals surface area contributed by atoms with Crippen LogP contribution < -0.4 is 24.8 Å². The molecule has 0 spiro atoms. The molecular formula is C21H36IN3O4. The highest BCUT2D eigenvalue weighted by molar-refractivity contribution is 14.0. The minimum atomic E-state index is 0. The van der Waals surface area contributed by atoms with Gasteiger partial charge in [-0.2, -0.15) is 0 Å². The highest BCUT2D eigenvalue weighted by Gasteiger charge is 2.36. The number of halogens is 1. The Bertz CT molecular complexity index is 626. The summed E-state index contributed by atoms with van der Waals surface area (Å²) in [6.45, 7) is 5.11. The Balaban J connectivity index is 0.00000420. The molecular weight excluding hydrogens is 485 g/mol. The topological polar surface area (TPSA) is 73.3 Å². The average Bonchev–Trinajstić information content (AvgIpc) is 2.69. The van der Waals surface area contributed by atoms with Crippen molar-refractivity contribution in [3.8, 4) is 17.2 Å². The highest BCUT2D eigenvalue weighted by atomic mass is 127. The Hall–Kier alpha value is -1.42. The lowest BCUT2D eigenvalue weighted by Gasteiger charge is -2.42. The number of aliphatic imine (C=N–C) groups is 1. The lowest BCUT2D eigenvalue weighted by molar-refractivity contribution is 0.0732. The van der Waals surface area contributed by atoms with Gasteiger partial charge in [-0.25, -0.2) is 4.99 Å². The van der Waals surface area contributed by atoms with E-state index < -0.39 is 0 Å². The van der Waals surface area contributed by atoms with E-state index in [1.807, 2.05) is 12.1 Å². The Kier molecular flexibility index (Phi) is 11.5. The molecule has 2 N–H and O–H groups in total. The monoisotopic (exact) mass is 521 g/mol. The van der Waals surface area contributed by atoms with Crippen molar-refractivity contribution in [2.24, 2.45) is 10.4 Å². The first-order chi connectivity index (χ1) is 13.6. The van der Waals surface area contributed by atoms with Gasteiger partial charge in [-0.15, -0.1) is 24.0 Å². The molecule has 0 aliphatic heterocycles. The van der Waals surface area contributed by atoms with Gasteiger partial charge in [0, 0.05) is 26.8 Å². The summed E-state index contributed by atoms with van der Waals surface area (Å²) in [5.41, 5.74) is 1.32. The van der Waals surface area contributed by atoms with Crippen LogP contribution >= 0.6 is 24.0 Å². The van der Waals surface area contributed by atoms with Crippen LogP contribution in [0.3, 0.4) is 0 Å². The van der Waals surface area contributed by atoms with Crippen LogP contribution in [-0.4, -0.2) is 54.1 Å². The predicted octanol–water partition coefficient (Wildman–Crippen LogP) is 3.59. The molecule has 0 heterocycles. The summed E-state index contributed by atoms with van der Waals surface area (Å²) >= 11 is 0. The van der Waals surface area contributed by atoms with Gasteiger partial charge in [0.2, 0.25) is 5.75 Å². The first kappa shape index (κ1) is 25.6. The van der Waals surface area contributed by atoms with Gasteiger partial charge >= 0.3 is 0 Å². The number of nitrogens with one attached hydrogen (secondary N) is 2. The Labute approximate surface area is 191 Å². The van der Waals surface area contributed by atoms with Crippen molar-refractivity contribution in [3.63, 3.8) is 0 Å². The van der Waals surface area contributed by atoms with Gasteiger partial charge in [-0.3, -0.25) is 0 Å². The molecule has 1 fully saturated rings. The zero-order valence-electron chi connectivity index (χ0n) is 18.3. The number of hydrogen-bond donors (Lipinski definition) is 2. The molecule has 1 aromatic rings. The van der Waals surface area contributed by atoms with Crippen molar-refractivity contribution in [2.45, 2.75) is 39.2 Å². The SMILES string of the molecule is CCNC(=NCc1cc(OC)c(OC)c(OC)c1)NCC1(CCOC)CCC1.I. The zero-order chi connectivity index (χ0) is 20.4. The standard InChI is InChI=1S/C21H35N3O4.HI/c1-6-22-20(24-15-21(8-7-9-21)10-11-25-2)23-14-16-12-17(26-3)19(28-5)18(13-16)27-4;/h12-13H,6-11,14-15H2,1-5H3,(H2,22,23,24);1H. The molecule has 1 saturated carbocycles. The van der Waals surface area contributed by atoms with Gasteiger partial charge < -0.3 is 29.6 Å². The summed E-state index contributed by atoms with van der Waals surface area (Å²) < 4.78 is 21.5. The minimum absolute atomic E-state index is 0. The fraction of sp³-hybridized carbons (Fsp3) is 0.667. The van der Waals surface area contributed by atoms with E-state index >= 15 is 0 Å². The second-order valence-corrected chi connectivity index (χ2v) is 7.18. The first-order valence-electron chi connectivity index (χ1n) is 9.91. The summed E-state index contributed by atoms with van der Waals surface area (Å²) in [6.07, 6.45) is 4.87. The van der Waals surface area contributed by atoms with Gasteiger partial charge in [0.05, 0.1) is 27.9 Å². The number of guanidine groups is 1. The van der Waals surface area contributed by atoms with Crippen molar-refractivity contribution in [2.75, 3.05) is 48.1 Å². The molecule has 1 aliphatic rings. The predicted molar refractivity (Wildman–Crippen MR) is 127 cm³/mol. The molecule has 29 heavy (non-hydrogen) atoms. The maximum atomic E-state index is 5.43. The molecule has 8 heteroatoms.